The Morgan fingerprint density at radius 2 is 1.96 bits per heavy atom. The number of rotatable bonds is 1. The van der Waals surface area contributed by atoms with Gasteiger partial charge in [0.15, 0.2) is 0 Å². The van der Waals surface area contributed by atoms with Crippen LogP contribution in [0.3, 0.4) is 0 Å². The Morgan fingerprint density at radius 1 is 1.30 bits per heavy atom. The maximum atomic E-state index is 12.3. The van der Waals surface area contributed by atoms with Crippen LogP contribution in [0.2, 0.25) is 0 Å². The van der Waals surface area contributed by atoms with Crippen LogP contribution in [-0.4, -0.2) is 46.0 Å². The van der Waals surface area contributed by atoms with E-state index in [9.17, 15) is 4.79 Å². The minimum atomic E-state index is -0.470. The molecular formula is C17H30N4O2. The van der Waals surface area contributed by atoms with Gasteiger partial charge in [0.2, 0.25) is 0 Å². The van der Waals surface area contributed by atoms with Gasteiger partial charge in [0, 0.05) is 43.9 Å². The molecule has 0 radical (unpaired) electrons. The monoisotopic (exact) mass is 322 g/mol. The highest BCUT2D eigenvalue weighted by Crippen LogP contribution is 2.30. The molecule has 1 fully saturated rings. The van der Waals surface area contributed by atoms with Crippen molar-refractivity contribution in [3.8, 4) is 0 Å². The molecule has 1 saturated heterocycles. The lowest BCUT2D eigenvalue weighted by Crippen LogP contribution is -2.50. The Labute approximate surface area is 139 Å². The fourth-order valence-electron chi connectivity index (χ4n) is 2.80. The Balaban J connectivity index is 2.18. The number of amides is 1. The van der Waals surface area contributed by atoms with Crippen LogP contribution >= 0.6 is 0 Å². The van der Waals surface area contributed by atoms with Gasteiger partial charge in [-0.25, -0.2) is 4.79 Å². The summed E-state index contributed by atoms with van der Waals surface area (Å²) in [5, 5.41) is 8.13. The Hall–Kier alpha value is -1.56. The van der Waals surface area contributed by atoms with Gasteiger partial charge in [0.05, 0.1) is 11.7 Å². The first-order chi connectivity index (χ1) is 10.5. The van der Waals surface area contributed by atoms with Gasteiger partial charge in [-0.1, -0.05) is 20.8 Å². The quantitative estimate of drug-likeness (QED) is 0.863. The zero-order valence-corrected chi connectivity index (χ0v) is 15.4. The molecule has 2 rings (SSSR count). The third kappa shape index (κ3) is 4.47. The number of carbonyl (C=O) groups excluding carboxylic acids is 1. The highest BCUT2D eigenvalue weighted by Gasteiger charge is 2.32. The van der Waals surface area contributed by atoms with Gasteiger partial charge in [-0.3, -0.25) is 4.68 Å². The predicted octanol–water partition coefficient (Wildman–Crippen LogP) is 2.60. The fourth-order valence-corrected chi connectivity index (χ4v) is 2.80. The molecule has 0 saturated carbocycles. The summed E-state index contributed by atoms with van der Waals surface area (Å²) >= 11 is 0. The lowest BCUT2D eigenvalue weighted by molar-refractivity contribution is 0.0194. The number of piperazine rings is 1. The standard InChI is InChI=1S/C17H30N4O2/c1-16(2,3)14-12(10-20(7)19-14)13-11-21(9-8-18-13)15(22)23-17(4,5)6/h10,13,18H,8-9,11H2,1-7H3. The van der Waals surface area contributed by atoms with Crippen molar-refractivity contribution in [1.82, 2.24) is 20.0 Å². The second kappa shape index (κ2) is 6.15. The Morgan fingerprint density at radius 3 is 2.52 bits per heavy atom. The predicted molar refractivity (Wildman–Crippen MR) is 90.5 cm³/mol. The second-order valence-corrected chi connectivity index (χ2v) is 8.29. The van der Waals surface area contributed by atoms with Crippen LogP contribution in [0.4, 0.5) is 4.79 Å². The number of hydrogen-bond donors (Lipinski definition) is 1. The van der Waals surface area contributed by atoms with Crippen LogP contribution in [0.15, 0.2) is 6.20 Å². The third-order valence-corrected chi connectivity index (χ3v) is 3.77. The molecule has 1 amide bonds. The maximum absolute atomic E-state index is 12.3. The zero-order chi connectivity index (χ0) is 17.4. The first-order valence-corrected chi connectivity index (χ1v) is 8.23. The number of ether oxygens (including phenoxy) is 1. The van der Waals surface area contributed by atoms with Crippen molar-refractivity contribution in [2.75, 3.05) is 19.6 Å². The zero-order valence-electron chi connectivity index (χ0n) is 15.4. The summed E-state index contributed by atoms with van der Waals surface area (Å²) in [6.45, 7) is 14.2. The molecule has 0 spiro atoms. The highest BCUT2D eigenvalue weighted by molar-refractivity contribution is 5.68. The van der Waals surface area contributed by atoms with E-state index in [1.54, 1.807) is 4.90 Å². The van der Waals surface area contributed by atoms with Gasteiger partial charge in [-0.05, 0) is 20.8 Å². The number of aromatic nitrogens is 2. The summed E-state index contributed by atoms with van der Waals surface area (Å²) in [5.41, 5.74) is 1.73. The van der Waals surface area contributed by atoms with Crippen molar-refractivity contribution in [3.63, 3.8) is 0 Å². The van der Waals surface area contributed by atoms with E-state index in [-0.39, 0.29) is 17.6 Å². The third-order valence-electron chi connectivity index (χ3n) is 3.77. The molecule has 1 unspecified atom stereocenters. The van der Waals surface area contributed by atoms with Crippen LogP contribution in [0.5, 0.6) is 0 Å². The average molecular weight is 322 g/mol. The SMILES string of the molecule is Cn1cc(C2CN(C(=O)OC(C)(C)C)CCN2)c(C(C)(C)C)n1. The average Bonchev–Trinajstić information content (AvgIpc) is 2.79. The molecule has 6 heteroatoms. The van der Waals surface area contributed by atoms with Crippen LogP contribution in [0, 0.1) is 0 Å². The minimum Gasteiger partial charge on any atom is -0.444 e. The van der Waals surface area contributed by atoms with Crippen LogP contribution in [-0.2, 0) is 17.2 Å². The molecule has 2 heterocycles. The van der Waals surface area contributed by atoms with Crippen molar-refractivity contribution >= 4 is 6.09 Å². The number of hydrogen-bond acceptors (Lipinski definition) is 4. The van der Waals surface area contributed by atoms with Gasteiger partial charge in [0.1, 0.15) is 5.60 Å². The molecule has 1 atom stereocenters. The molecule has 0 aliphatic carbocycles. The van der Waals surface area contributed by atoms with Crippen molar-refractivity contribution in [1.29, 1.82) is 0 Å². The number of aryl methyl sites for hydroxylation is 1. The van der Waals surface area contributed by atoms with E-state index in [1.165, 1.54) is 0 Å². The molecule has 23 heavy (non-hydrogen) atoms. The van der Waals surface area contributed by atoms with E-state index in [0.717, 1.165) is 17.8 Å². The van der Waals surface area contributed by atoms with E-state index in [0.29, 0.717) is 13.1 Å². The van der Waals surface area contributed by atoms with Gasteiger partial charge >= 0.3 is 6.09 Å². The second-order valence-electron chi connectivity index (χ2n) is 8.29. The molecule has 0 bridgehead atoms. The normalized spacial score (nSPS) is 19.8. The van der Waals surface area contributed by atoms with Crippen molar-refractivity contribution in [2.24, 2.45) is 7.05 Å². The van der Waals surface area contributed by atoms with E-state index >= 15 is 0 Å². The Bertz CT molecular complexity index is 566. The molecule has 0 aromatic carbocycles. The lowest BCUT2D eigenvalue weighted by Gasteiger charge is -2.35. The Kier molecular flexibility index (Phi) is 4.76. The summed E-state index contributed by atoms with van der Waals surface area (Å²) in [4.78, 5) is 14.1. The molecule has 1 N–H and O–H groups in total. The van der Waals surface area contributed by atoms with Gasteiger partial charge < -0.3 is 15.0 Å². The summed E-state index contributed by atoms with van der Waals surface area (Å²) in [6.07, 6.45) is 1.81. The first-order valence-electron chi connectivity index (χ1n) is 8.23. The van der Waals surface area contributed by atoms with E-state index in [2.05, 4.69) is 37.4 Å². The number of carbonyl (C=O) groups is 1. The molecule has 1 aliphatic heterocycles. The van der Waals surface area contributed by atoms with E-state index in [4.69, 9.17) is 4.74 Å². The molecule has 1 aromatic heterocycles. The van der Waals surface area contributed by atoms with Crippen molar-refractivity contribution < 1.29 is 9.53 Å². The molecule has 130 valence electrons. The highest BCUT2D eigenvalue weighted by atomic mass is 16.6. The number of nitrogens with one attached hydrogen (secondary N) is 1. The smallest absolute Gasteiger partial charge is 0.410 e. The van der Waals surface area contributed by atoms with E-state index < -0.39 is 5.60 Å². The van der Waals surface area contributed by atoms with Crippen molar-refractivity contribution in [2.45, 2.75) is 58.6 Å². The van der Waals surface area contributed by atoms with Gasteiger partial charge in [-0.15, -0.1) is 0 Å². The largest absolute Gasteiger partial charge is 0.444 e. The first kappa shape index (κ1) is 17.8. The lowest BCUT2D eigenvalue weighted by atomic mass is 9.87. The molecule has 6 nitrogen and oxygen atoms in total. The van der Waals surface area contributed by atoms with Gasteiger partial charge in [0.25, 0.3) is 0 Å². The summed E-state index contributed by atoms with van der Waals surface area (Å²) in [6, 6.07) is 0.0826. The fraction of sp³-hybridized carbons (Fsp3) is 0.765. The topological polar surface area (TPSA) is 59.4 Å². The summed E-state index contributed by atoms with van der Waals surface area (Å²) in [5.74, 6) is 0. The molecule has 1 aliphatic rings. The summed E-state index contributed by atoms with van der Waals surface area (Å²) in [7, 11) is 1.94. The minimum absolute atomic E-state index is 0.0352. The van der Waals surface area contributed by atoms with E-state index in [1.807, 2.05) is 32.5 Å². The van der Waals surface area contributed by atoms with Gasteiger partial charge in [-0.2, -0.15) is 5.10 Å². The number of nitrogens with zero attached hydrogens (tertiary/aromatic N) is 3. The van der Waals surface area contributed by atoms with Crippen LogP contribution < -0.4 is 5.32 Å². The molecular weight excluding hydrogens is 292 g/mol. The summed E-state index contributed by atoms with van der Waals surface area (Å²) < 4.78 is 7.35. The molecule has 1 aromatic rings. The van der Waals surface area contributed by atoms with Crippen LogP contribution in [0.1, 0.15) is 58.8 Å². The maximum Gasteiger partial charge on any atom is 0.410 e. The van der Waals surface area contributed by atoms with Crippen LogP contribution in [0.25, 0.3) is 0 Å². The van der Waals surface area contributed by atoms with Crippen molar-refractivity contribution in [3.05, 3.63) is 17.5 Å².